The predicted molar refractivity (Wildman–Crippen MR) is 105 cm³/mol. The molecule has 1 amide bonds. The molecule has 25 heavy (non-hydrogen) atoms. The van der Waals surface area contributed by atoms with Crippen molar-refractivity contribution in [1.82, 2.24) is 10.2 Å². The maximum absolute atomic E-state index is 12.4. The topological polar surface area (TPSA) is 41.6 Å². The largest absolute Gasteiger partial charge is 0.493 e. The number of amides is 1. The van der Waals surface area contributed by atoms with Gasteiger partial charge in [-0.1, -0.05) is 50.2 Å². The molecule has 4 nitrogen and oxygen atoms in total. The lowest BCUT2D eigenvalue weighted by atomic mass is 10.2. The first kappa shape index (κ1) is 18.9. The Bertz CT molecular complexity index is 717. The molecule has 0 aliphatic carbocycles. The summed E-state index contributed by atoms with van der Waals surface area (Å²) in [7, 11) is 1.86. The third-order valence-electron chi connectivity index (χ3n) is 3.51. The van der Waals surface area contributed by atoms with E-state index in [0.717, 1.165) is 5.56 Å². The number of rotatable bonds is 6. The maximum atomic E-state index is 12.4. The average Bonchev–Trinajstić information content (AvgIpc) is 2.61. The molecule has 0 aliphatic heterocycles. The average molecular weight is 356 g/mol. The van der Waals surface area contributed by atoms with Crippen molar-refractivity contribution in [3.8, 4) is 5.75 Å². The molecule has 5 heteroatoms. The molecule has 0 bridgehead atoms. The van der Waals surface area contributed by atoms with E-state index < -0.39 is 0 Å². The van der Waals surface area contributed by atoms with Crippen LogP contribution < -0.4 is 10.1 Å². The molecule has 0 aliphatic rings. The summed E-state index contributed by atoms with van der Waals surface area (Å²) in [4.78, 5) is 14.3. The first-order valence-electron chi connectivity index (χ1n) is 8.29. The molecule has 0 spiro atoms. The van der Waals surface area contributed by atoms with Gasteiger partial charge < -0.3 is 9.64 Å². The normalized spacial score (nSPS) is 10.4. The van der Waals surface area contributed by atoms with Gasteiger partial charge in [0.1, 0.15) is 5.75 Å². The summed E-state index contributed by atoms with van der Waals surface area (Å²) in [6, 6.07) is 17.1. The van der Waals surface area contributed by atoms with Crippen LogP contribution in [0.25, 0.3) is 0 Å². The Hall–Kier alpha value is -2.40. The van der Waals surface area contributed by atoms with Gasteiger partial charge in [-0.25, -0.2) is 0 Å². The highest BCUT2D eigenvalue weighted by molar-refractivity contribution is 7.80. The summed E-state index contributed by atoms with van der Waals surface area (Å²) in [5, 5.41) is 3.16. The summed E-state index contributed by atoms with van der Waals surface area (Å²) >= 11 is 5.33. The van der Waals surface area contributed by atoms with Crippen molar-refractivity contribution >= 4 is 23.2 Å². The highest BCUT2D eigenvalue weighted by Gasteiger charge is 2.12. The molecule has 2 aromatic carbocycles. The third-order valence-corrected chi connectivity index (χ3v) is 3.92. The summed E-state index contributed by atoms with van der Waals surface area (Å²) in [5.41, 5.74) is 1.65. The second kappa shape index (κ2) is 9.18. The lowest BCUT2D eigenvalue weighted by Gasteiger charge is -2.20. The number of thiocarbonyl (C=S) groups is 1. The van der Waals surface area contributed by atoms with E-state index in [-0.39, 0.29) is 5.91 Å². The third kappa shape index (κ3) is 6.19. The van der Waals surface area contributed by atoms with Crippen LogP contribution in [0.3, 0.4) is 0 Å². The van der Waals surface area contributed by atoms with E-state index in [4.69, 9.17) is 17.0 Å². The zero-order chi connectivity index (χ0) is 18.2. The molecule has 0 atom stereocenters. The quantitative estimate of drug-likeness (QED) is 0.798. The first-order valence-corrected chi connectivity index (χ1v) is 8.69. The van der Waals surface area contributed by atoms with Crippen LogP contribution in [0.1, 0.15) is 29.8 Å². The van der Waals surface area contributed by atoms with Gasteiger partial charge in [0.05, 0.1) is 6.61 Å². The van der Waals surface area contributed by atoms with E-state index in [1.165, 1.54) is 0 Å². The van der Waals surface area contributed by atoms with Crippen LogP contribution in [-0.4, -0.2) is 29.6 Å². The van der Waals surface area contributed by atoms with E-state index in [2.05, 4.69) is 19.2 Å². The molecule has 132 valence electrons. The minimum Gasteiger partial charge on any atom is -0.493 e. The van der Waals surface area contributed by atoms with Crippen molar-refractivity contribution < 1.29 is 9.53 Å². The lowest BCUT2D eigenvalue weighted by Crippen LogP contribution is -2.40. The number of hydrogen-bond donors (Lipinski definition) is 1. The van der Waals surface area contributed by atoms with Gasteiger partial charge in [-0.3, -0.25) is 10.1 Å². The van der Waals surface area contributed by atoms with Gasteiger partial charge in [-0.2, -0.15) is 0 Å². The first-order chi connectivity index (χ1) is 12.0. The fourth-order valence-corrected chi connectivity index (χ4v) is 2.34. The number of nitrogens with zero attached hydrogens (tertiary/aromatic N) is 1. The van der Waals surface area contributed by atoms with Gasteiger partial charge >= 0.3 is 0 Å². The van der Waals surface area contributed by atoms with Crippen LogP contribution in [0.4, 0.5) is 0 Å². The number of ether oxygens (including phenoxy) is 1. The Labute approximate surface area is 154 Å². The van der Waals surface area contributed by atoms with Gasteiger partial charge in [0, 0.05) is 19.2 Å². The van der Waals surface area contributed by atoms with Crippen LogP contribution in [0.2, 0.25) is 0 Å². The van der Waals surface area contributed by atoms with Crippen molar-refractivity contribution in [3.63, 3.8) is 0 Å². The van der Waals surface area contributed by atoms with Crippen LogP contribution in [-0.2, 0) is 6.54 Å². The SMILES string of the molecule is CC(C)COc1cccc(C(=O)NC(=S)N(C)Cc2ccccc2)c1. The standard InChI is InChI=1S/C20H24N2O2S/c1-15(2)14-24-18-11-7-10-17(12-18)19(23)21-20(25)22(3)13-16-8-5-4-6-9-16/h4-12,15H,13-14H2,1-3H3,(H,21,23,25). The number of nitrogens with one attached hydrogen (secondary N) is 1. The van der Waals surface area contributed by atoms with E-state index in [1.807, 2.05) is 48.3 Å². The van der Waals surface area contributed by atoms with Crippen molar-refractivity contribution in [3.05, 3.63) is 65.7 Å². The fourth-order valence-electron chi connectivity index (χ4n) is 2.18. The minimum absolute atomic E-state index is 0.236. The summed E-state index contributed by atoms with van der Waals surface area (Å²) in [6.45, 7) is 5.41. The minimum atomic E-state index is -0.236. The van der Waals surface area contributed by atoms with Crippen LogP contribution in [0.5, 0.6) is 5.75 Å². The summed E-state index contributed by atoms with van der Waals surface area (Å²) < 4.78 is 5.67. The van der Waals surface area contributed by atoms with Crippen molar-refractivity contribution in [2.75, 3.05) is 13.7 Å². The Morgan fingerprint density at radius 1 is 1.16 bits per heavy atom. The van der Waals surface area contributed by atoms with Gasteiger partial charge in [0.15, 0.2) is 5.11 Å². The number of benzene rings is 2. The second-order valence-electron chi connectivity index (χ2n) is 6.33. The predicted octanol–water partition coefficient (Wildman–Crippen LogP) is 3.87. The van der Waals surface area contributed by atoms with Gasteiger partial charge in [0.25, 0.3) is 5.91 Å². The van der Waals surface area contributed by atoms with Crippen LogP contribution >= 0.6 is 12.2 Å². The van der Waals surface area contributed by atoms with Crippen LogP contribution in [0.15, 0.2) is 54.6 Å². The molecule has 0 aromatic heterocycles. The molecule has 2 rings (SSSR count). The Balaban J connectivity index is 1.94. The Morgan fingerprint density at radius 3 is 2.56 bits per heavy atom. The maximum Gasteiger partial charge on any atom is 0.257 e. The van der Waals surface area contributed by atoms with E-state index in [1.54, 1.807) is 18.2 Å². The number of hydrogen-bond acceptors (Lipinski definition) is 3. The van der Waals surface area contributed by atoms with Gasteiger partial charge in [-0.15, -0.1) is 0 Å². The van der Waals surface area contributed by atoms with Crippen molar-refractivity contribution in [2.24, 2.45) is 5.92 Å². The van der Waals surface area contributed by atoms with Gasteiger partial charge in [0.2, 0.25) is 0 Å². The zero-order valence-electron chi connectivity index (χ0n) is 14.9. The fraction of sp³-hybridized carbons (Fsp3) is 0.300. The molecule has 1 N–H and O–H groups in total. The Kier molecular flexibility index (Phi) is 6.95. The number of carbonyl (C=O) groups excluding carboxylic acids is 1. The smallest absolute Gasteiger partial charge is 0.257 e. The highest BCUT2D eigenvalue weighted by atomic mass is 32.1. The molecule has 0 unspecified atom stereocenters. The molecule has 0 saturated heterocycles. The van der Waals surface area contributed by atoms with E-state index >= 15 is 0 Å². The highest BCUT2D eigenvalue weighted by Crippen LogP contribution is 2.14. The number of carbonyl (C=O) groups is 1. The van der Waals surface area contributed by atoms with Crippen LogP contribution in [0, 0.1) is 5.92 Å². The summed E-state index contributed by atoms with van der Waals surface area (Å²) in [6.07, 6.45) is 0. The molecule has 0 fully saturated rings. The zero-order valence-corrected chi connectivity index (χ0v) is 15.7. The lowest BCUT2D eigenvalue weighted by molar-refractivity contribution is 0.0973. The van der Waals surface area contributed by atoms with Crippen molar-refractivity contribution in [2.45, 2.75) is 20.4 Å². The molecular weight excluding hydrogens is 332 g/mol. The molecular formula is C20H24N2O2S. The monoisotopic (exact) mass is 356 g/mol. The molecule has 2 aromatic rings. The Morgan fingerprint density at radius 2 is 1.88 bits per heavy atom. The van der Waals surface area contributed by atoms with E-state index in [9.17, 15) is 4.79 Å². The van der Waals surface area contributed by atoms with Gasteiger partial charge in [-0.05, 0) is 41.9 Å². The second-order valence-corrected chi connectivity index (χ2v) is 6.72. The van der Waals surface area contributed by atoms with E-state index in [0.29, 0.717) is 35.5 Å². The molecule has 0 heterocycles. The molecule has 0 saturated carbocycles. The summed E-state index contributed by atoms with van der Waals surface area (Å²) in [5.74, 6) is 0.876. The van der Waals surface area contributed by atoms with Crippen molar-refractivity contribution in [1.29, 1.82) is 0 Å². The molecule has 0 radical (unpaired) electrons.